The van der Waals surface area contributed by atoms with Crippen molar-refractivity contribution in [1.29, 1.82) is 0 Å². The minimum Gasteiger partial charge on any atom is -0.403 e. The van der Waals surface area contributed by atoms with Crippen molar-refractivity contribution in [3.63, 3.8) is 0 Å². The summed E-state index contributed by atoms with van der Waals surface area (Å²) in [7, 11) is -10.8. The summed E-state index contributed by atoms with van der Waals surface area (Å²) in [6, 6.07) is 32.3. The van der Waals surface area contributed by atoms with Gasteiger partial charge in [-0.15, -0.1) is 43.1 Å². The van der Waals surface area contributed by atoms with E-state index in [1.165, 1.54) is 99.8 Å². The molecule has 5 aromatic heterocycles. The van der Waals surface area contributed by atoms with Crippen molar-refractivity contribution in [1.82, 2.24) is 48.5 Å². The van der Waals surface area contributed by atoms with Gasteiger partial charge in [-0.1, -0.05) is 81.7 Å². The lowest BCUT2D eigenvalue weighted by atomic mass is 9.94. The standard InChI is InChI=1S/C22H23ClN4O4S.C20H23N5O3S2.C20H22N4O3S3/c1-14-11-15(2)13-27(12-14)32(29,30)19-9-5-16(6-10-19)20(28)24-22-26-25-21(31-22)17-3-7-18(23)8-4-17;1-13-10-14(2)12-25(11-13)30(27,28)16-7-5-15(6-8-16)19(26)22-20-21-18(23-24-20)17-4-3-9-29-17;1-13-10-14(2)12-24(11-13)30(26,27)16-7-5-15(6-8-16)18(25)21-20-23-22-19(29-20)17-4-3-9-28-17/h3-10,14-15H,11-13H2,1-2H3,(H,24,26,28);3-9,13-14H,10-12H2,1-2H3,(H2,21,22,23,24,26);3-9,13-14H,10-12H2,1-2H3,(H,21,23,25). The largest absolute Gasteiger partial charge is 0.403 e. The lowest BCUT2D eigenvalue weighted by Gasteiger charge is -2.34. The van der Waals surface area contributed by atoms with E-state index in [9.17, 15) is 39.6 Å². The molecule has 3 fully saturated rings. The Morgan fingerprint density at radius 1 is 0.511 bits per heavy atom. The number of carbonyl (C=O) groups excluding carboxylic acids is 3. The van der Waals surface area contributed by atoms with Gasteiger partial charge in [0.05, 0.1) is 24.4 Å². The molecule has 0 saturated carbocycles. The molecule has 3 aliphatic heterocycles. The van der Waals surface area contributed by atoms with Crippen molar-refractivity contribution >= 4 is 110 Å². The van der Waals surface area contributed by atoms with Crippen LogP contribution >= 0.6 is 45.6 Å². The second-order valence-corrected chi connectivity index (χ2v) is 32.7. The Kier molecular flexibility index (Phi) is 21.4. The Labute approximate surface area is 551 Å². The summed E-state index contributed by atoms with van der Waals surface area (Å²) in [5.41, 5.74) is 1.63. The minimum absolute atomic E-state index is 0.0621. The number of H-pyrrole nitrogens is 1. The number of piperidine rings is 3. The third-order valence-corrected chi connectivity index (χ3v) is 23.9. The summed E-state index contributed by atoms with van der Waals surface area (Å²) in [6.45, 7) is 15.5. The first-order valence-electron chi connectivity index (χ1n) is 29.6. The number of sulfonamides is 3. The average Bonchev–Trinajstić information content (AvgIpc) is 1.02. The van der Waals surface area contributed by atoms with Crippen LogP contribution in [0, 0.1) is 35.5 Å². The first-order valence-corrected chi connectivity index (χ1v) is 36.8. The zero-order valence-corrected chi connectivity index (χ0v) is 56.6. The Morgan fingerprint density at radius 2 is 0.924 bits per heavy atom. The number of rotatable bonds is 15. The smallest absolute Gasteiger partial charge is 0.322 e. The van der Waals surface area contributed by atoms with E-state index in [2.05, 4.69) is 93.1 Å². The number of aromatic nitrogens is 7. The average molecular weight is 1380 g/mol. The van der Waals surface area contributed by atoms with E-state index in [-0.39, 0.29) is 44.0 Å². The summed E-state index contributed by atoms with van der Waals surface area (Å²) in [5.74, 6) is 1.68. The van der Waals surface area contributed by atoms with Crippen LogP contribution in [0.25, 0.3) is 32.0 Å². The molecule has 0 radical (unpaired) electrons. The first-order chi connectivity index (χ1) is 43.9. The maximum Gasteiger partial charge on any atom is 0.322 e. The van der Waals surface area contributed by atoms with Gasteiger partial charge in [0.25, 0.3) is 17.7 Å². The van der Waals surface area contributed by atoms with Gasteiger partial charge < -0.3 is 4.42 Å². The van der Waals surface area contributed by atoms with Crippen LogP contribution in [0.5, 0.6) is 0 Å². The number of anilines is 3. The summed E-state index contributed by atoms with van der Waals surface area (Å²) < 4.78 is 88.0. The van der Waals surface area contributed by atoms with Crippen LogP contribution in [0.4, 0.5) is 17.1 Å². The molecule has 3 aliphatic rings. The molecular formula is C62H68ClN13O10S6. The summed E-state index contributed by atoms with van der Waals surface area (Å²) in [4.78, 5) is 44.3. The number of hydrogen-bond donors (Lipinski definition) is 4. The molecule has 0 bridgehead atoms. The van der Waals surface area contributed by atoms with E-state index in [1.54, 1.807) is 44.2 Å². The maximum atomic E-state index is 13.0. The van der Waals surface area contributed by atoms with Crippen molar-refractivity contribution in [3.05, 3.63) is 154 Å². The Balaban J connectivity index is 0.000000151. The van der Waals surface area contributed by atoms with Crippen LogP contribution in [-0.2, 0) is 30.1 Å². The van der Waals surface area contributed by atoms with Crippen molar-refractivity contribution in [2.24, 2.45) is 35.5 Å². The fraction of sp³-hybridized carbons (Fsp3) is 0.339. The highest BCUT2D eigenvalue weighted by molar-refractivity contribution is 7.89. The third-order valence-electron chi connectivity index (χ3n) is 15.3. The first kappa shape index (κ1) is 67.4. The van der Waals surface area contributed by atoms with Crippen LogP contribution in [-0.4, -0.2) is 131 Å². The molecule has 4 aromatic carbocycles. The van der Waals surface area contributed by atoms with Gasteiger partial charge in [0, 0.05) is 66.5 Å². The van der Waals surface area contributed by atoms with E-state index in [4.69, 9.17) is 16.0 Å². The van der Waals surface area contributed by atoms with E-state index in [1.807, 2.05) is 35.0 Å². The Bertz CT molecular complexity index is 4130. The molecule has 23 nitrogen and oxygen atoms in total. The summed E-state index contributed by atoms with van der Waals surface area (Å²) in [5, 5.41) is 36.1. The Hall–Kier alpha value is -7.45. The second-order valence-electron chi connectivity index (χ2n) is 23.5. The normalized spacial score (nSPS) is 20.0. The fourth-order valence-electron chi connectivity index (χ4n) is 11.3. The predicted molar refractivity (Wildman–Crippen MR) is 356 cm³/mol. The van der Waals surface area contributed by atoms with E-state index >= 15 is 0 Å². The summed E-state index contributed by atoms with van der Waals surface area (Å²) in [6.07, 6.45) is 3.08. The highest BCUT2D eigenvalue weighted by Crippen LogP contribution is 2.33. The second kappa shape index (κ2) is 29.2. The topological polar surface area (TPSA) is 306 Å². The number of halogens is 1. The van der Waals surface area contributed by atoms with Crippen molar-refractivity contribution < 1.29 is 44.1 Å². The number of amides is 3. The highest BCUT2D eigenvalue weighted by Gasteiger charge is 2.35. The van der Waals surface area contributed by atoms with Gasteiger partial charge >= 0.3 is 6.01 Å². The molecule has 12 rings (SSSR count). The van der Waals surface area contributed by atoms with E-state index in [0.717, 1.165) is 34.0 Å². The van der Waals surface area contributed by atoms with Gasteiger partial charge in [0.1, 0.15) is 0 Å². The minimum atomic E-state index is -3.61. The lowest BCUT2D eigenvalue weighted by Crippen LogP contribution is -2.42. The van der Waals surface area contributed by atoms with E-state index < -0.39 is 41.9 Å². The predicted octanol–water partition coefficient (Wildman–Crippen LogP) is 11.9. The quantitative estimate of drug-likeness (QED) is 0.0741. The molecule has 6 unspecified atom stereocenters. The number of thiophene rings is 2. The maximum absolute atomic E-state index is 13.0. The third kappa shape index (κ3) is 16.7. The van der Waals surface area contributed by atoms with Gasteiger partial charge in [-0.2, -0.15) is 17.9 Å². The zero-order valence-electron chi connectivity index (χ0n) is 51.0. The highest BCUT2D eigenvalue weighted by atomic mass is 35.5. The van der Waals surface area contributed by atoms with E-state index in [0.29, 0.717) is 107 Å². The molecular weight excluding hydrogens is 1310 g/mol. The van der Waals surface area contributed by atoms with Crippen LogP contribution in [0.2, 0.25) is 5.02 Å². The molecule has 92 heavy (non-hydrogen) atoms. The molecule has 4 N–H and O–H groups in total. The zero-order chi connectivity index (χ0) is 65.5. The SMILES string of the molecule is CC1CC(C)CN(S(=O)(=O)c2ccc(C(=O)Nc3n[nH]c(-c4cccs4)n3)cc2)C1.CC1CC(C)CN(S(=O)(=O)c2ccc(C(=O)Nc3nnc(-c4ccc(Cl)cc4)o3)cc2)C1.CC1CC(C)CN(S(=O)(=O)c2ccc(C(=O)Nc3nnc(-c4cccs4)s3)cc2)C1. The molecule has 8 heterocycles. The Morgan fingerprint density at radius 3 is 1.35 bits per heavy atom. The number of benzene rings is 4. The van der Waals surface area contributed by atoms with Gasteiger partial charge in [0.15, 0.2) is 10.8 Å². The number of hydrogen-bond acceptors (Lipinski definition) is 19. The molecule has 9 aromatic rings. The molecule has 6 atom stereocenters. The fourth-order valence-corrected chi connectivity index (χ4v) is 18.7. The number of nitrogens with one attached hydrogen (secondary N) is 4. The van der Waals surface area contributed by atoms with Crippen LogP contribution in [0.15, 0.2) is 151 Å². The molecule has 0 spiro atoms. The van der Waals surface area contributed by atoms with Crippen molar-refractivity contribution in [3.8, 4) is 32.0 Å². The summed E-state index contributed by atoms with van der Waals surface area (Å²) >= 11 is 10.2. The molecule has 3 saturated heterocycles. The van der Waals surface area contributed by atoms with Crippen molar-refractivity contribution in [2.75, 3.05) is 55.2 Å². The lowest BCUT2D eigenvalue weighted by molar-refractivity contribution is 0.101. The molecule has 484 valence electrons. The van der Waals surface area contributed by atoms with Gasteiger partial charge in [-0.05, 0) is 175 Å². The van der Waals surface area contributed by atoms with Gasteiger partial charge in [-0.25, -0.2) is 25.3 Å². The molecule has 0 aliphatic carbocycles. The molecule has 30 heteroatoms. The number of aromatic amines is 1. The van der Waals surface area contributed by atoms with Crippen LogP contribution in [0.3, 0.4) is 0 Å². The van der Waals surface area contributed by atoms with Crippen molar-refractivity contribution in [2.45, 2.75) is 75.5 Å². The number of nitrogens with zero attached hydrogens (tertiary/aromatic N) is 9. The van der Waals surface area contributed by atoms with Crippen LogP contribution in [0.1, 0.15) is 91.9 Å². The molecule has 3 amide bonds. The van der Waals surface area contributed by atoms with Crippen LogP contribution < -0.4 is 16.0 Å². The number of carbonyl (C=O) groups is 3. The van der Waals surface area contributed by atoms with Gasteiger partial charge in [-0.3, -0.25) is 35.4 Å². The monoisotopic (exact) mass is 1380 g/mol. The van der Waals surface area contributed by atoms with Gasteiger partial charge in [0.2, 0.25) is 47.0 Å².